The molecule has 0 aliphatic rings. The molecule has 1 atom stereocenters. The summed E-state index contributed by atoms with van der Waals surface area (Å²) in [4.78, 5) is 8.47. The maximum Gasteiger partial charge on any atom is 0.129 e. The smallest absolute Gasteiger partial charge is 0.129 e. The fourth-order valence-electron chi connectivity index (χ4n) is 2.04. The van der Waals surface area contributed by atoms with Crippen molar-refractivity contribution in [3.63, 3.8) is 0 Å². The summed E-state index contributed by atoms with van der Waals surface area (Å²) in [6, 6.07) is 4.70. The molecule has 5 heteroatoms. The lowest BCUT2D eigenvalue weighted by Crippen LogP contribution is -2.12. The fraction of sp³-hybridized carbons (Fsp3) is 0.267. The van der Waals surface area contributed by atoms with Gasteiger partial charge in [0.1, 0.15) is 5.82 Å². The maximum absolute atomic E-state index is 13.7. The number of nitrogens with one attached hydrogen (secondary N) is 1. The van der Waals surface area contributed by atoms with E-state index in [2.05, 4.69) is 15.3 Å². The van der Waals surface area contributed by atoms with Gasteiger partial charge in [0.05, 0.1) is 29.1 Å². The molecular weight excluding hydrogens is 255 g/mol. The van der Waals surface area contributed by atoms with E-state index >= 15 is 0 Å². The third-order valence-electron chi connectivity index (χ3n) is 3.17. The van der Waals surface area contributed by atoms with Gasteiger partial charge in [-0.05, 0) is 32.9 Å². The summed E-state index contributed by atoms with van der Waals surface area (Å²) in [6.07, 6.45) is 3.26. The number of hydrogen-bond acceptors (Lipinski definition) is 4. The van der Waals surface area contributed by atoms with E-state index in [1.807, 2.05) is 19.9 Å². The molecule has 1 N–H and O–H groups in total. The van der Waals surface area contributed by atoms with Crippen LogP contribution in [0.4, 0.5) is 10.1 Å². The van der Waals surface area contributed by atoms with Gasteiger partial charge in [0.25, 0.3) is 0 Å². The number of halogens is 1. The average Bonchev–Trinajstić information content (AvgIpc) is 2.43. The van der Waals surface area contributed by atoms with Gasteiger partial charge in [0, 0.05) is 23.6 Å². The molecule has 0 amide bonds. The monoisotopic (exact) mass is 270 g/mol. The SMILES string of the molecule is Cc1nccnc1C(C)Nc1cc(C#N)cc(F)c1C. The van der Waals surface area contributed by atoms with Crippen molar-refractivity contribution in [3.05, 3.63) is 52.9 Å². The van der Waals surface area contributed by atoms with Crippen molar-refractivity contribution < 1.29 is 4.39 Å². The summed E-state index contributed by atoms with van der Waals surface area (Å²) in [5, 5.41) is 12.1. The van der Waals surface area contributed by atoms with Crippen LogP contribution in [0.25, 0.3) is 0 Å². The van der Waals surface area contributed by atoms with Gasteiger partial charge in [-0.2, -0.15) is 5.26 Å². The van der Waals surface area contributed by atoms with Crippen LogP contribution < -0.4 is 5.32 Å². The summed E-state index contributed by atoms with van der Waals surface area (Å²) in [7, 11) is 0. The summed E-state index contributed by atoms with van der Waals surface area (Å²) in [5.74, 6) is -0.394. The molecule has 102 valence electrons. The quantitative estimate of drug-likeness (QED) is 0.929. The van der Waals surface area contributed by atoms with Crippen molar-refractivity contribution in [1.82, 2.24) is 9.97 Å². The average molecular weight is 270 g/mol. The lowest BCUT2D eigenvalue weighted by Gasteiger charge is -2.18. The standard InChI is InChI=1S/C15H15FN4/c1-9-13(16)6-12(8-17)7-14(9)20-11(3)15-10(2)18-4-5-19-15/h4-7,11,20H,1-3H3. The summed E-state index contributed by atoms with van der Waals surface area (Å²) >= 11 is 0. The molecule has 1 heterocycles. The molecule has 0 radical (unpaired) electrons. The third kappa shape index (κ3) is 2.75. The van der Waals surface area contributed by atoms with Crippen molar-refractivity contribution in [2.75, 3.05) is 5.32 Å². The molecular formula is C15H15FN4. The first kappa shape index (κ1) is 13.9. The lowest BCUT2D eigenvalue weighted by atomic mass is 10.1. The predicted molar refractivity (Wildman–Crippen MR) is 74.7 cm³/mol. The predicted octanol–water partition coefficient (Wildman–Crippen LogP) is 3.28. The van der Waals surface area contributed by atoms with Crippen molar-refractivity contribution in [2.45, 2.75) is 26.8 Å². The van der Waals surface area contributed by atoms with Gasteiger partial charge in [-0.25, -0.2) is 4.39 Å². The van der Waals surface area contributed by atoms with E-state index in [9.17, 15) is 4.39 Å². The van der Waals surface area contributed by atoms with Gasteiger partial charge in [-0.15, -0.1) is 0 Å². The van der Waals surface area contributed by atoms with E-state index in [-0.39, 0.29) is 6.04 Å². The second-order valence-corrected chi connectivity index (χ2v) is 4.64. The van der Waals surface area contributed by atoms with Gasteiger partial charge in [0.15, 0.2) is 0 Å². The van der Waals surface area contributed by atoms with E-state index in [1.54, 1.807) is 25.4 Å². The van der Waals surface area contributed by atoms with Crippen LogP contribution in [-0.4, -0.2) is 9.97 Å². The normalized spacial score (nSPS) is 11.8. The largest absolute Gasteiger partial charge is 0.377 e. The molecule has 0 aliphatic carbocycles. The zero-order valence-electron chi connectivity index (χ0n) is 11.6. The molecule has 0 fully saturated rings. The van der Waals surface area contributed by atoms with Crippen LogP contribution in [0.5, 0.6) is 0 Å². The highest BCUT2D eigenvalue weighted by atomic mass is 19.1. The molecule has 1 unspecified atom stereocenters. The van der Waals surface area contributed by atoms with Crippen molar-refractivity contribution in [2.24, 2.45) is 0 Å². The number of nitriles is 1. The first-order chi connectivity index (χ1) is 9.52. The Morgan fingerprint density at radius 2 is 1.95 bits per heavy atom. The lowest BCUT2D eigenvalue weighted by molar-refractivity contribution is 0.618. The molecule has 0 bridgehead atoms. The Balaban J connectivity index is 2.33. The third-order valence-corrected chi connectivity index (χ3v) is 3.17. The number of nitrogens with zero attached hydrogens (tertiary/aromatic N) is 3. The highest BCUT2D eigenvalue weighted by molar-refractivity contribution is 5.56. The topological polar surface area (TPSA) is 61.6 Å². The zero-order chi connectivity index (χ0) is 14.7. The Kier molecular flexibility index (Phi) is 3.94. The number of rotatable bonds is 3. The Hall–Kier alpha value is -2.48. The Bertz CT molecular complexity index is 676. The maximum atomic E-state index is 13.7. The van der Waals surface area contributed by atoms with E-state index in [0.29, 0.717) is 16.8 Å². The highest BCUT2D eigenvalue weighted by Gasteiger charge is 2.13. The minimum Gasteiger partial charge on any atom is -0.377 e. The van der Waals surface area contributed by atoms with Crippen molar-refractivity contribution >= 4 is 5.69 Å². The molecule has 4 nitrogen and oxygen atoms in total. The minimum atomic E-state index is -0.394. The first-order valence-corrected chi connectivity index (χ1v) is 6.27. The molecule has 0 aliphatic heterocycles. The van der Waals surface area contributed by atoms with Gasteiger partial charge in [0.2, 0.25) is 0 Å². The summed E-state index contributed by atoms with van der Waals surface area (Å²) < 4.78 is 13.7. The van der Waals surface area contributed by atoms with Crippen LogP contribution >= 0.6 is 0 Å². The zero-order valence-corrected chi connectivity index (χ0v) is 11.6. The number of hydrogen-bond donors (Lipinski definition) is 1. The van der Waals surface area contributed by atoms with Crippen LogP contribution in [0.2, 0.25) is 0 Å². The molecule has 1 aromatic carbocycles. The summed E-state index contributed by atoms with van der Waals surface area (Å²) in [6.45, 7) is 5.47. The van der Waals surface area contributed by atoms with E-state index in [0.717, 1.165) is 11.4 Å². The number of anilines is 1. The minimum absolute atomic E-state index is 0.129. The number of aryl methyl sites for hydroxylation is 1. The Labute approximate surface area is 117 Å². The molecule has 0 saturated heterocycles. The fourth-order valence-corrected chi connectivity index (χ4v) is 2.04. The first-order valence-electron chi connectivity index (χ1n) is 6.27. The van der Waals surface area contributed by atoms with Gasteiger partial charge < -0.3 is 5.32 Å². The molecule has 1 aromatic heterocycles. The van der Waals surface area contributed by atoms with Gasteiger partial charge in [-0.3, -0.25) is 9.97 Å². The molecule has 20 heavy (non-hydrogen) atoms. The van der Waals surface area contributed by atoms with E-state index in [4.69, 9.17) is 5.26 Å². The van der Waals surface area contributed by atoms with Crippen molar-refractivity contribution in [1.29, 1.82) is 5.26 Å². The van der Waals surface area contributed by atoms with Crippen LogP contribution in [-0.2, 0) is 0 Å². The van der Waals surface area contributed by atoms with Gasteiger partial charge >= 0.3 is 0 Å². The molecule has 0 saturated carbocycles. The number of aromatic nitrogens is 2. The van der Waals surface area contributed by atoms with Crippen molar-refractivity contribution in [3.8, 4) is 6.07 Å². The van der Waals surface area contributed by atoms with Crippen LogP contribution in [0, 0.1) is 31.0 Å². The highest BCUT2D eigenvalue weighted by Crippen LogP contribution is 2.25. The van der Waals surface area contributed by atoms with E-state index < -0.39 is 5.82 Å². The van der Waals surface area contributed by atoms with Crippen LogP contribution in [0.3, 0.4) is 0 Å². The second-order valence-electron chi connectivity index (χ2n) is 4.64. The number of benzene rings is 1. The van der Waals surface area contributed by atoms with Gasteiger partial charge in [-0.1, -0.05) is 0 Å². The second kappa shape index (κ2) is 5.66. The Morgan fingerprint density at radius 1 is 1.25 bits per heavy atom. The summed E-state index contributed by atoms with van der Waals surface area (Å²) in [5.41, 5.74) is 2.99. The molecule has 0 spiro atoms. The van der Waals surface area contributed by atoms with Crippen LogP contribution in [0.1, 0.15) is 35.5 Å². The Morgan fingerprint density at radius 3 is 2.60 bits per heavy atom. The molecule has 2 aromatic rings. The molecule has 2 rings (SSSR count). The van der Waals surface area contributed by atoms with E-state index in [1.165, 1.54) is 6.07 Å². The van der Waals surface area contributed by atoms with Crippen LogP contribution in [0.15, 0.2) is 24.5 Å².